The van der Waals surface area contributed by atoms with E-state index in [2.05, 4.69) is 11.7 Å². The highest BCUT2D eigenvalue weighted by atomic mass is 16.5. The molecule has 0 aliphatic heterocycles. The number of amides is 1. The Balaban J connectivity index is 0. The Morgan fingerprint density at radius 1 is 1.31 bits per heavy atom. The smallest absolute Gasteiger partial charge is 0.409 e. The highest BCUT2D eigenvalue weighted by Gasteiger charge is 2.08. The topological polar surface area (TPSA) is 29.5 Å². The Kier molecular flexibility index (Phi) is 12.8. The van der Waals surface area contributed by atoms with E-state index in [4.69, 9.17) is 0 Å². The fraction of sp³-hybridized carbons (Fsp3) is 0.900. The van der Waals surface area contributed by atoms with Gasteiger partial charge in [0.1, 0.15) is 0 Å². The molecule has 13 heavy (non-hydrogen) atoms. The molecule has 0 spiro atoms. The lowest BCUT2D eigenvalue weighted by atomic mass is 10.3. The number of nitrogens with zero attached hydrogens (tertiary/aromatic N) is 1. The molecule has 1 amide bonds. The first-order valence-electron chi connectivity index (χ1n) is 5.09. The van der Waals surface area contributed by atoms with Gasteiger partial charge in [0.05, 0.1) is 7.11 Å². The van der Waals surface area contributed by atoms with Gasteiger partial charge in [0.2, 0.25) is 0 Å². The van der Waals surface area contributed by atoms with Crippen LogP contribution in [0.3, 0.4) is 0 Å². The average molecular weight is 189 g/mol. The van der Waals surface area contributed by atoms with E-state index in [-0.39, 0.29) is 6.09 Å². The molecule has 0 rings (SSSR count). The van der Waals surface area contributed by atoms with Gasteiger partial charge in [-0.3, -0.25) is 0 Å². The number of unbranched alkanes of at least 4 members (excludes halogenated alkanes) is 1. The molecule has 80 valence electrons. The second kappa shape index (κ2) is 11.3. The zero-order valence-corrected chi connectivity index (χ0v) is 9.59. The molecule has 0 N–H and O–H groups in total. The van der Waals surface area contributed by atoms with Crippen LogP contribution in [-0.2, 0) is 4.74 Å². The molecule has 0 atom stereocenters. The third-order valence-corrected chi connectivity index (χ3v) is 1.60. The lowest BCUT2D eigenvalue weighted by Gasteiger charge is -2.18. The second-order valence-electron chi connectivity index (χ2n) is 2.40. The van der Waals surface area contributed by atoms with E-state index < -0.39 is 0 Å². The third-order valence-electron chi connectivity index (χ3n) is 1.60. The van der Waals surface area contributed by atoms with Crippen molar-refractivity contribution < 1.29 is 9.53 Å². The minimum Gasteiger partial charge on any atom is -0.453 e. The molecule has 0 fully saturated rings. The first-order valence-corrected chi connectivity index (χ1v) is 5.09. The molecule has 0 aromatic heterocycles. The van der Waals surface area contributed by atoms with Crippen LogP contribution in [0.2, 0.25) is 0 Å². The predicted molar refractivity (Wildman–Crippen MR) is 55.9 cm³/mol. The van der Waals surface area contributed by atoms with Crippen LogP contribution in [0, 0.1) is 0 Å². The highest BCUT2D eigenvalue weighted by Crippen LogP contribution is 1.96. The van der Waals surface area contributed by atoms with E-state index in [0.717, 1.165) is 25.9 Å². The van der Waals surface area contributed by atoms with Crippen LogP contribution >= 0.6 is 0 Å². The Bertz CT molecular complexity index is 115. The number of methoxy groups -OCH3 is 1. The van der Waals surface area contributed by atoms with E-state index in [1.807, 2.05) is 20.8 Å². The second-order valence-corrected chi connectivity index (χ2v) is 2.40. The predicted octanol–water partition coefficient (Wildman–Crippen LogP) is 2.90. The summed E-state index contributed by atoms with van der Waals surface area (Å²) in [7, 11) is 1.41. The van der Waals surface area contributed by atoms with Crippen LogP contribution in [0.15, 0.2) is 0 Å². The van der Waals surface area contributed by atoms with Gasteiger partial charge in [0.15, 0.2) is 0 Å². The first-order chi connectivity index (χ1) is 6.26. The summed E-state index contributed by atoms with van der Waals surface area (Å²) in [5.41, 5.74) is 0. The minimum absolute atomic E-state index is 0.221. The Morgan fingerprint density at radius 2 is 1.85 bits per heavy atom. The molecule has 0 heterocycles. The Hall–Kier alpha value is -0.730. The Morgan fingerprint density at radius 3 is 2.15 bits per heavy atom. The van der Waals surface area contributed by atoms with Gasteiger partial charge in [-0.1, -0.05) is 27.2 Å². The first kappa shape index (κ1) is 14.8. The maximum atomic E-state index is 11.0. The van der Waals surface area contributed by atoms with Gasteiger partial charge in [-0.05, 0) is 13.3 Å². The zero-order chi connectivity index (χ0) is 10.7. The van der Waals surface area contributed by atoms with Crippen LogP contribution in [0.5, 0.6) is 0 Å². The molecule has 0 bridgehead atoms. The van der Waals surface area contributed by atoms with Gasteiger partial charge in [-0.2, -0.15) is 0 Å². The van der Waals surface area contributed by atoms with Crippen molar-refractivity contribution in [1.29, 1.82) is 0 Å². The van der Waals surface area contributed by atoms with Crippen LogP contribution < -0.4 is 0 Å². The van der Waals surface area contributed by atoms with Crippen molar-refractivity contribution in [2.24, 2.45) is 0 Å². The van der Waals surface area contributed by atoms with Crippen LogP contribution in [0.1, 0.15) is 40.5 Å². The molecule has 0 unspecified atom stereocenters. The number of hydrogen-bond acceptors (Lipinski definition) is 2. The van der Waals surface area contributed by atoms with Gasteiger partial charge < -0.3 is 9.64 Å². The zero-order valence-electron chi connectivity index (χ0n) is 9.59. The van der Waals surface area contributed by atoms with E-state index in [1.54, 1.807) is 4.90 Å². The van der Waals surface area contributed by atoms with Crippen molar-refractivity contribution in [2.45, 2.75) is 40.5 Å². The van der Waals surface area contributed by atoms with E-state index in [0.29, 0.717) is 0 Å². The van der Waals surface area contributed by atoms with Crippen molar-refractivity contribution in [1.82, 2.24) is 4.90 Å². The molecule has 0 aromatic carbocycles. The lowest BCUT2D eigenvalue weighted by molar-refractivity contribution is 0.125. The quantitative estimate of drug-likeness (QED) is 0.680. The highest BCUT2D eigenvalue weighted by molar-refractivity contribution is 5.67. The summed E-state index contributed by atoms with van der Waals surface area (Å²) in [6.45, 7) is 9.59. The van der Waals surface area contributed by atoms with Crippen molar-refractivity contribution >= 4 is 6.09 Å². The fourth-order valence-corrected chi connectivity index (χ4v) is 0.857. The van der Waals surface area contributed by atoms with Gasteiger partial charge in [-0.25, -0.2) is 4.79 Å². The summed E-state index contributed by atoms with van der Waals surface area (Å²) in [6.07, 6.45) is 1.93. The molecular formula is C10H23NO2. The largest absolute Gasteiger partial charge is 0.453 e. The lowest BCUT2D eigenvalue weighted by Crippen LogP contribution is -2.31. The normalized spacial score (nSPS) is 8.38. The maximum absolute atomic E-state index is 11.0. The Labute approximate surface area is 82.1 Å². The molecule has 0 saturated heterocycles. The van der Waals surface area contributed by atoms with Gasteiger partial charge in [-0.15, -0.1) is 0 Å². The van der Waals surface area contributed by atoms with Gasteiger partial charge in [0.25, 0.3) is 0 Å². The molecule has 3 nitrogen and oxygen atoms in total. The van der Waals surface area contributed by atoms with Gasteiger partial charge in [0, 0.05) is 13.1 Å². The van der Waals surface area contributed by atoms with E-state index >= 15 is 0 Å². The SMILES string of the molecule is CC.CCCCN(CC)C(=O)OC. The average Bonchev–Trinajstić information content (AvgIpc) is 2.21. The van der Waals surface area contributed by atoms with E-state index in [1.165, 1.54) is 7.11 Å². The molecule has 0 aliphatic rings. The summed E-state index contributed by atoms with van der Waals surface area (Å²) in [5.74, 6) is 0. The summed E-state index contributed by atoms with van der Waals surface area (Å²) < 4.78 is 4.59. The van der Waals surface area contributed by atoms with Crippen molar-refractivity contribution in [3.05, 3.63) is 0 Å². The molecular weight excluding hydrogens is 166 g/mol. The molecule has 0 saturated carbocycles. The van der Waals surface area contributed by atoms with Crippen molar-refractivity contribution in [3.8, 4) is 0 Å². The van der Waals surface area contributed by atoms with Crippen LogP contribution in [0.4, 0.5) is 4.79 Å². The summed E-state index contributed by atoms with van der Waals surface area (Å²) in [4.78, 5) is 12.7. The molecule has 3 heteroatoms. The maximum Gasteiger partial charge on any atom is 0.409 e. The number of rotatable bonds is 4. The standard InChI is InChI=1S/C8H17NO2.C2H6/c1-4-6-7-9(5-2)8(10)11-3;1-2/h4-7H2,1-3H3;1-2H3. The van der Waals surface area contributed by atoms with Crippen molar-refractivity contribution in [2.75, 3.05) is 20.2 Å². The van der Waals surface area contributed by atoms with E-state index in [9.17, 15) is 4.79 Å². The molecule has 0 aromatic rings. The van der Waals surface area contributed by atoms with Crippen LogP contribution in [0.25, 0.3) is 0 Å². The third kappa shape index (κ3) is 7.62. The minimum atomic E-state index is -0.221. The van der Waals surface area contributed by atoms with Crippen molar-refractivity contribution in [3.63, 3.8) is 0 Å². The number of carbonyl (C=O) groups excluding carboxylic acids is 1. The number of hydrogen-bond donors (Lipinski definition) is 0. The molecule has 0 radical (unpaired) electrons. The number of carbonyl (C=O) groups is 1. The van der Waals surface area contributed by atoms with Gasteiger partial charge >= 0.3 is 6.09 Å². The monoisotopic (exact) mass is 189 g/mol. The molecule has 0 aliphatic carbocycles. The summed E-state index contributed by atoms with van der Waals surface area (Å²) in [6, 6.07) is 0. The fourth-order valence-electron chi connectivity index (χ4n) is 0.857. The summed E-state index contributed by atoms with van der Waals surface area (Å²) in [5, 5.41) is 0. The van der Waals surface area contributed by atoms with Crippen LogP contribution in [-0.4, -0.2) is 31.2 Å². The summed E-state index contributed by atoms with van der Waals surface area (Å²) >= 11 is 0. The number of ether oxygens (including phenoxy) is 1.